The molecular formula is C12H14N2S. The molecule has 0 aliphatic heterocycles. The quantitative estimate of drug-likeness (QED) is 0.764. The molecule has 1 fully saturated rings. The summed E-state index contributed by atoms with van der Waals surface area (Å²) in [6.07, 6.45) is 7.20. The van der Waals surface area contributed by atoms with Gasteiger partial charge < -0.3 is 0 Å². The van der Waals surface area contributed by atoms with Crippen molar-refractivity contribution in [3.05, 3.63) is 23.5 Å². The van der Waals surface area contributed by atoms with Crippen LogP contribution in [0.4, 0.5) is 0 Å². The highest BCUT2D eigenvalue weighted by molar-refractivity contribution is 8.00. The van der Waals surface area contributed by atoms with Crippen molar-refractivity contribution in [3.8, 4) is 6.07 Å². The van der Waals surface area contributed by atoms with Crippen LogP contribution in [0, 0.1) is 18.3 Å². The number of hydrogen-bond acceptors (Lipinski definition) is 3. The fourth-order valence-electron chi connectivity index (χ4n) is 1.93. The van der Waals surface area contributed by atoms with Gasteiger partial charge in [0.25, 0.3) is 0 Å². The molecule has 3 heteroatoms. The van der Waals surface area contributed by atoms with Gasteiger partial charge in [-0.2, -0.15) is 5.26 Å². The van der Waals surface area contributed by atoms with Crippen molar-refractivity contribution in [2.75, 3.05) is 0 Å². The van der Waals surface area contributed by atoms with Crippen LogP contribution in [0.3, 0.4) is 0 Å². The fourth-order valence-corrected chi connectivity index (χ4v) is 3.24. The molecule has 0 spiro atoms. The van der Waals surface area contributed by atoms with Crippen LogP contribution in [0.15, 0.2) is 17.2 Å². The summed E-state index contributed by atoms with van der Waals surface area (Å²) in [6, 6.07) is 4.17. The van der Waals surface area contributed by atoms with Gasteiger partial charge in [0.1, 0.15) is 11.8 Å². The molecule has 78 valence electrons. The van der Waals surface area contributed by atoms with Gasteiger partial charge in [-0.25, -0.2) is 4.98 Å². The molecule has 1 aliphatic carbocycles. The van der Waals surface area contributed by atoms with Gasteiger partial charge in [-0.15, -0.1) is 11.8 Å². The summed E-state index contributed by atoms with van der Waals surface area (Å²) in [6.45, 7) is 1.95. The lowest BCUT2D eigenvalue weighted by Gasteiger charge is -2.08. The molecule has 2 rings (SSSR count). The minimum atomic E-state index is 0.547. The number of aryl methyl sites for hydroxylation is 1. The standard InChI is InChI=1S/C12H14N2S/c1-9-6-11(8-14-12(9)7-13)15-10-4-2-3-5-10/h6,8,10H,2-5H2,1H3. The summed E-state index contributed by atoms with van der Waals surface area (Å²) >= 11 is 1.91. The van der Waals surface area contributed by atoms with Crippen LogP contribution in [-0.4, -0.2) is 10.2 Å². The Labute approximate surface area is 94.7 Å². The predicted octanol–water partition coefficient (Wildman–Crippen LogP) is 3.30. The highest BCUT2D eigenvalue weighted by Gasteiger charge is 2.16. The monoisotopic (exact) mass is 218 g/mol. The van der Waals surface area contributed by atoms with Crippen molar-refractivity contribution in [1.29, 1.82) is 5.26 Å². The van der Waals surface area contributed by atoms with E-state index in [1.165, 1.54) is 30.6 Å². The minimum absolute atomic E-state index is 0.547. The first-order chi connectivity index (χ1) is 7.29. The Bertz CT molecular complexity index is 389. The second kappa shape index (κ2) is 4.67. The van der Waals surface area contributed by atoms with Crippen LogP contribution in [0.5, 0.6) is 0 Å². The van der Waals surface area contributed by atoms with Crippen molar-refractivity contribution in [2.45, 2.75) is 42.8 Å². The van der Waals surface area contributed by atoms with Crippen LogP contribution in [-0.2, 0) is 0 Å². The number of hydrogen-bond donors (Lipinski definition) is 0. The van der Waals surface area contributed by atoms with Gasteiger partial charge in [0.15, 0.2) is 0 Å². The zero-order valence-electron chi connectivity index (χ0n) is 8.86. The highest BCUT2D eigenvalue weighted by atomic mass is 32.2. The van der Waals surface area contributed by atoms with Crippen molar-refractivity contribution in [2.24, 2.45) is 0 Å². The number of nitrogens with zero attached hydrogens (tertiary/aromatic N) is 2. The average molecular weight is 218 g/mol. The Kier molecular flexibility index (Phi) is 3.27. The topological polar surface area (TPSA) is 36.7 Å². The fraction of sp³-hybridized carbons (Fsp3) is 0.500. The Hall–Kier alpha value is -1.01. The van der Waals surface area contributed by atoms with Crippen LogP contribution in [0.2, 0.25) is 0 Å². The van der Waals surface area contributed by atoms with Crippen molar-refractivity contribution in [3.63, 3.8) is 0 Å². The highest BCUT2D eigenvalue weighted by Crippen LogP contribution is 2.34. The normalized spacial score (nSPS) is 16.5. The lowest BCUT2D eigenvalue weighted by atomic mass is 10.2. The minimum Gasteiger partial charge on any atom is -0.244 e. The van der Waals surface area contributed by atoms with E-state index in [0.717, 1.165) is 10.8 Å². The van der Waals surface area contributed by atoms with E-state index < -0.39 is 0 Å². The van der Waals surface area contributed by atoms with Crippen LogP contribution in [0.25, 0.3) is 0 Å². The molecule has 15 heavy (non-hydrogen) atoms. The maximum atomic E-state index is 8.77. The van der Waals surface area contributed by atoms with E-state index in [4.69, 9.17) is 5.26 Å². The van der Waals surface area contributed by atoms with Gasteiger partial charge in [0.2, 0.25) is 0 Å². The van der Waals surface area contributed by atoms with E-state index in [0.29, 0.717) is 5.69 Å². The summed E-state index contributed by atoms with van der Waals surface area (Å²) in [5.41, 5.74) is 1.53. The predicted molar refractivity (Wildman–Crippen MR) is 61.8 cm³/mol. The summed E-state index contributed by atoms with van der Waals surface area (Å²) in [5.74, 6) is 0. The third-order valence-corrected chi connectivity index (χ3v) is 4.06. The van der Waals surface area contributed by atoms with Gasteiger partial charge in [-0.3, -0.25) is 0 Å². The van der Waals surface area contributed by atoms with E-state index in [1.54, 1.807) is 0 Å². The summed E-state index contributed by atoms with van der Waals surface area (Å²) in [4.78, 5) is 5.36. The smallest absolute Gasteiger partial charge is 0.143 e. The molecule has 0 saturated heterocycles. The molecule has 1 aromatic heterocycles. The van der Waals surface area contributed by atoms with Crippen LogP contribution in [0.1, 0.15) is 36.9 Å². The van der Waals surface area contributed by atoms with E-state index >= 15 is 0 Å². The van der Waals surface area contributed by atoms with Crippen molar-refractivity contribution in [1.82, 2.24) is 4.98 Å². The lowest BCUT2D eigenvalue weighted by molar-refractivity contribution is 0.886. The van der Waals surface area contributed by atoms with E-state index in [1.807, 2.05) is 24.9 Å². The number of thioether (sulfide) groups is 1. The second-order valence-electron chi connectivity index (χ2n) is 3.97. The van der Waals surface area contributed by atoms with E-state index in [2.05, 4.69) is 17.1 Å². The maximum Gasteiger partial charge on any atom is 0.143 e. The van der Waals surface area contributed by atoms with Gasteiger partial charge in [-0.05, 0) is 31.4 Å². The first-order valence-electron chi connectivity index (χ1n) is 5.33. The molecule has 0 aromatic carbocycles. The largest absolute Gasteiger partial charge is 0.244 e. The molecule has 0 unspecified atom stereocenters. The molecule has 1 heterocycles. The number of aromatic nitrogens is 1. The van der Waals surface area contributed by atoms with Gasteiger partial charge >= 0.3 is 0 Å². The van der Waals surface area contributed by atoms with Crippen molar-refractivity contribution >= 4 is 11.8 Å². The Morgan fingerprint density at radius 1 is 1.47 bits per heavy atom. The van der Waals surface area contributed by atoms with Gasteiger partial charge in [0, 0.05) is 16.3 Å². The van der Waals surface area contributed by atoms with Gasteiger partial charge in [0.05, 0.1) is 0 Å². The van der Waals surface area contributed by atoms with Gasteiger partial charge in [-0.1, -0.05) is 12.8 Å². The summed E-state index contributed by atoms with van der Waals surface area (Å²) in [7, 11) is 0. The summed E-state index contributed by atoms with van der Waals surface area (Å²) < 4.78 is 0. The van der Waals surface area contributed by atoms with Crippen molar-refractivity contribution < 1.29 is 0 Å². The Morgan fingerprint density at radius 2 is 2.20 bits per heavy atom. The molecule has 0 N–H and O–H groups in total. The molecule has 0 radical (unpaired) electrons. The lowest BCUT2D eigenvalue weighted by Crippen LogP contribution is -1.95. The maximum absolute atomic E-state index is 8.77. The molecule has 1 aliphatic rings. The molecule has 1 saturated carbocycles. The zero-order chi connectivity index (χ0) is 10.7. The Morgan fingerprint density at radius 3 is 2.80 bits per heavy atom. The third-order valence-electron chi connectivity index (χ3n) is 2.76. The summed E-state index contributed by atoms with van der Waals surface area (Å²) in [5, 5.41) is 9.54. The number of pyridine rings is 1. The molecule has 1 aromatic rings. The second-order valence-corrected chi connectivity index (χ2v) is 5.35. The molecule has 0 atom stereocenters. The first-order valence-corrected chi connectivity index (χ1v) is 6.21. The van der Waals surface area contributed by atoms with E-state index in [9.17, 15) is 0 Å². The average Bonchev–Trinajstić information content (AvgIpc) is 2.71. The van der Waals surface area contributed by atoms with Crippen LogP contribution >= 0.6 is 11.8 Å². The molecule has 2 nitrogen and oxygen atoms in total. The molecular weight excluding hydrogens is 204 g/mol. The number of rotatable bonds is 2. The van der Waals surface area contributed by atoms with Crippen LogP contribution < -0.4 is 0 Å². The third kappa shape index (κ3) is 2.51. The molecule has 0 amide bonds. The SMILES string of the molecule is Cc1cc(SC2CCCC2)cnc1C#N. The Balaban J connectivity index is 2.09. The first kappa shape index (κ1) is 10.5. The van der Waals surface area contributed by atoms with E-state index in [-0.39, 0.29) is 0 Å². The molecule has 0 bridgehead atoms. The zero-order valence-corrected chi connectivity index (χ0v) is 9.68. The number of nitriles is 1.